The Hall–Kier alpha value is -1.92. The highest BCUT2D eigenvalue weighted by Crippen LogP contribution is 2.20. The monoisotopic (exact) mass is 370 g/mol. The van der Waals surface area contributed by atoms with E-state index in [1.807, 2.05) is 0 Å². The van der Waals surface area contributed by atoms with Gasteiger partial charge in [-0.2, -0.15) is 0 Å². The Morgan fingerprint density at radius 2 is 1.62 bits per heavy atom. The van der Waals surface area contributed by atoms with E-state index < -0.39 is 17.6 Å². The molecule has 0 atom stereocenters. The average molecular weight is 372 g/mol. The molecule has 0 bridgehead atoms. The topological polar surface area (TPSA) is 58.2 Å². The highest BCUT2D eigenvalue weighted by Gasteiger charge is 2.12. The maximum atomic E-state index is 12.7. The Bertz CT molecular complexity index is 692. The van der Waals surface area contributed by atoms with Crippen LogP contribution in [-0.4, -0.2) is 11.8 Å². The fourth-order valence-electron chi connectivity index (χ4n) is 1.53. The molecule has 0 saturated heterocycles. The molecule has 0 radical (unpaired) electrons. The summed E-state index contributed by atoms with van der Waals surface area (Å²) in [6.45, 7) is 0. The van der Waals surface area contributed by atoms with E-state index in [1.165, 1.54) is 18.2 Å². The number of hydrazine groups is 1. The van der Waals surface area contributed by atoms with Gasteiger partial charge in [0.1, 0.15) is 5.82 Å². The van der Waals surface area contributed by atoms with Crippen LogP contribution in [0.5, 0.6) is 0 Å². The number of halogens is 3. The summed E-state index contributed by atoms with van der Waals surface area (Å²) in [5.74, 6) is -1.53. The highest BCUT2D eigenvalue weighted by atomic mass is 79.9. The zero-order valence-electron chi connectivity index (χ0n) is 10.5. The van der Waals surface area contributed by atoms with E-state index in [1.54, 1.807) is 12.1 Å². The second-order valence-corrected chi connectivity index (χ2v) is 5.33. The largest absolute Gasteiger partial charge is 0.270 e. The van der Waals surface area contributed by atoms with Gasteiger partial charge in [0.05, 0.1) is 5.56 Å². The van der Waals surface area contributed by atoms with Gasteiger partial charge in [-0.1, -0.05) is 11.6 Å². The zero-order chi connectivity index (χ0) is 15.4. The van der Waals surface area contributed by atoms with Crippen LogP contribution in [0.1, 0.15) is 20.7 Å². The Morgan fingerprint density at radius 3 is 2.29 bits per heavy atom. The van der Waals surface area contributed by atoms with Crippen molar-refractivity contribution < 1.29 is 14.0 Å². The van der Waals surface area contributed by atoms with Crippen molar-refractivity contribution in [2.24, 2.45) is 0 Å². The van der Waals surface area contributed by atoms with Crippen LogP contribution >= 0.6 is 27.5 Å². The minimum absolute atomic E-state index is 0.224. The van der Waals surface area contributed by atoms with Crippen LogP contribution in [0, 0.1) is 5.82 Å². The molecule has 2 rings (SSSR count). The third kappa shape index (κ3) is 4.03. The molecule has 0 saturated carbocycles. The van der Waals surface area contributed by atoms with E-state index in [0.29, 0.717) is 9.50 Å². The van der Waals surface area contributed by atoms with Gasteiger partial charge in [0.15, 0.2) is 0 Å². The number of carbonyl (C=O) groups is 2. The van der Waals surface area contributed by atoms with Crippen molar-refractivity contribution in [2.75, 3.05) is 0 Å². The summed E-state index contributed by atoms with van der Waals surface area (Å²) in [6, 6.07) is 9.65. The van der Waals surface area contributed by atoms with Gasteiger partial charge in [-0.3, -0.25) is 20.4 Å². The molecular formula is C14H9BrClFN2O2. The molecule has 0 aromatic heterocycles. The van der Waals surface area contributed by atoms with Gasteiger partial charge < -0.3 is 0 Å². The number of hydrogen-bond acceptors (Lipinski definition) is 2. The molecule has 7 heteroatoms. The van der Waals surface area contributed by atoms with Crippen LogP contribution in [0.15, 0.2) is 46.9 Å². The number of hydrogen-bond donors (Lipinski definition) is 2. The molecule has 108 valence electrons. The van der Waals surface area contributed by atoms with E-state index in [-0.39, 0.29) is 11.1 Å². The molecule has 0 unspecified atom stereocenters. The number of nitrogens with one attached hydrogen (secondary N) is 2. The zero-order valence-corrected chi connectivity index (χ0v) is 12.8. The van der Waals surface area contributed by atoms with Gasteiger partial charge in [0, 0.05) is 15.1 Å². The van der Waals surface area contributed by atoms with Gasteiger partial charge in [-0.25, -0.2) is 4.39 Å². The molecular weight excluding hydrogens is 363 g/mol. The normalized spacial score (nSPS) is 10.0. The van der Waals surface area contributed by atoms with Crippen LogP contribution in [0.4, 0.5) is 4.39 Å². The number of carbonyl (C=O) groups excluding carboxylic acids is 2. The van der Waals surface area contributed by atoms with E-state index in [9.17, 15) is 14.0 Å². The van der Waals surface area contributed by atoms with Gasteiger partial charge >= 0.3 is 0 Å². The first-order chi connectivity index (χ1) is 9.97. The van der Waals surface area contributed by atoms with Crippen LogP contribution < -0.4 is 10.9 Å². The molecule has 2 N–H and O–H groups in total. The first-order valence-corrected chi connectivity index (χ1v) is 6.96. The van der Waals surface area contributed by atoms with Crippen molar-refractivity contribution in [2.45, 2.75) is 0 Å². The minimum Gasteiger partial charge on any atom is -0.267 e. The molecule has 2 aromatic rings. The Labute approximate surface area is 133 Å². The van der Waals surface area contributed by atoms with Crippen molar-refractivity contribution in [1.82, 2.24) is 10.9 Å². The lowest BCUT2D eigenvalue weighted by Crippen LogP contribution is -2.41. The van der Waals surface area contributed by atoms with E-state index in [4.69, 9.17) is 11.6 Å². The third-order valence-electron chi connectivity index (χ3n) is 2.57. The van der Waals surface area contributed by atoms with E-state index in [2.05, 4.69) is 26.8 Å². The van der Waals surface area contributed by atoms with Crippen molar-refractivity contribution in [3.05, 3.63) is 68.9 Å². The minimum atomic E-state index is -0.554. The fourth-order valence-corrected chi connectivity index (χ4v) is 2.12. The number of benzene rings is 2. The molecule has 0 spiro atoms. The lowest BCUT2D eigenvalue weighted by Gasteiger charge is -2.09. The highest BCUT2D eigenvalue weighted by molar-refractivity contribution is 9.10. The predicted molar refractivity (Wildman–Crippen MR) is 80.5 cm³/mol. The quantitative estimate of drug-likeness (QED) is 0.796. The van der Waals surface area contributed by atoms with Crippen LogP contribution in [0.3, 0.4) is 0 Å². The van der Waals surface area contributed by atoms with Crippen LogP contribution in [-0.2, 0) is 0 Å². The standard InChI is InChI=1S/C14H9BrClFN2O2/c15-12-6-3-9(16)7-11(12)14(21)19-18-13(20)8-1-4-10(17)5-2-8/h1-7H,(H,18,20)(H,19,21). The molecule has 2 amide bonds. The predicted octanol–water partition coefficient (Wildman–Crippen LogP) is 3.32. The molecule has 0 aliphatic rings. The first kappa shape index (κ1) is 15.5. The molecule has 21 heavy (non-hydrogen) atoms. The second kappa shape index (κ2) is 6.69. The van der Waals surface area contributed by atoms with Crippen LogP contribution in [0.25, 0.3) is 0 Å². The lowest BCUT2D eigenvalue weighted by molar-refractivity contribution is 0.0846. The fraction of sp³-hybridized carbons (Fsp3) is 0. The SMILES string of the molecule is O=C(NNC(=O)c1cc(Cl)ccc1Br)c1ccc(F)cc1. The molecule has 0 aliphatic heterocycles. The summed E-state index contributed by atoms with van der Waals surface area (Å²) in [4.78, 5) is 23.7. The summed E-state index contributed by atoms with van der Waals surface area (Å²) in [5, 5.41) is 0.396. The van der Waals surface area contributed by atoms with Crippen molar-refractivity contribution in [1.29, 1.82) is 0 Å². The summed E-state index contributed by atoms with van der Waals surface area (Å²) >= 11 is 9.03. The summed E-state index contributed by atoms with van der Waals surface area (Å²) in [6.07, 6.45) is 0. The van der Waals surface area contributed by atoms with E-state index >= 15 is 0 Å². The average Bonchev–Trinajstić information content (AvgIpc) is 2.47. The number of amides is 2. The molecule has 0 fully saturated rings. The first-order valence-electron chi connectivity index (χ1n) is 5.78. The third-order valence-corrected chi connectivity index (χ3v) is 3.50. The maximum absolute atomic E-state index is 12.7. The van der Waals surface area contributed by atoms with E-state index in [0.717, 1.165) is 12.1 Å². The molecule has 4 nitrogen and oxygen atoms in total. The Kier molecular flexibility index (Phi) is 4.93. The Morgan fingerprint density at radius 1 is 1.00 bits per heavy atom. The smallest absolute Gasteiger partial charge is 0.267 e. The van der Waals surface area contributed by atoms with Crippen LogP contribution in [0.2, 0.25) is 5.02 Å². The number of rotatable bonds is 2. The second-order valence-electron chi connectivity index (χ2n) is 4.04. The summed E-state index contributed by atoms with van der Waals surface area (Å²) < 4.78 is 13.3. The van der Waals surface area contributed by atoms with Gasteiger partial charge in [0.25, 0.3) is 11.8 Å². The summed E-state index contributed by atoms with van der Waals surface area (Å²) in [5.41, 5.74) is 5.00. The van der Waals surface area contributed by atoms with Gasteiger partial charge in [0.2, 0.25) is 0 Å². The molecule has 2 aromatic carbocycles. The van der Waals surface area contributed by atoms with Crippen molar-refractivity contribution >= 4 is 39.3 Å². The van der Waals surface area contributed by atoms with Crippen molar-refractivity contribution in [3.63, 3.8) is 0 Å². The van der Waals surface area contributed by atoms with Gasteiger partial charge in [-0.05, 0) is 58.4 Å². The molecule has 0 aliphatic carbocycles. The summed E-state index contributed by atoms with van der Waals surface area (Å²) in [7, 11) is 0. The van der Waals surface area contributed by atoms with Gasteiger partial charge in [-0.15, -0.1) is 0 Å². The maximum Gasteiger partial charge on any atom is 0.270 e. The van der Waals surface area contributed by atoms with Crippen molar-refractivity contribution in [3.8, 4) is 0 Å². The Balaban J connectivity index is 2.02. The molecule has 0 heterocycles. The lowest BCUT2D eigenvalue weighted by atomic mass is 10.2.